The molecule has 1 saturated carbocycles. The minimum atomic E-state index is -0.192. The highest BCUT2D eigenvalue weighted by Crippen LogP contribution is 2.28. The number of amides is 1. The van der Waals surface area contributed by atoms with Crippen LogP contribution in [-0.2, 0) is 20.7 Å². The van der Waals surface area contributed by atoms with E-state index in [1.165, 1.54) is 11.3 Å². The van der Waals surface area contributed by atoms with Crippen LogP contribution in [0, 0.1) is 5.92 Å². The first-order valence-electron chi connectivity index (χ1n) is 7.30. The molecule has 1 heterocycles. The number of carbonyl (C=O) groups excluding carboxylic acids is 2. The predicted octanol–water partition coefficient (Wildman–Crippen LogP) is 1.58. The number of ether oxygens (including phenoxy) is 1. The standard InChI is InChI=1S/C14H21N3O3S/c1-2-20-12(18)6-5-11-9-21-14(17-11)16-8-7-15-13(19)10-3-4-10/h9-10H,2-8H2,1H3,(H,15,19)(H,16,17). The smallest absolute Gasteiger partial charge is 0.306 e. The molecule has 21 heavy (non-hydrogen) atoms. The van der Waals surface area contributed by atoms with Crippen molar-refractivity contribution in [2.75, 3.05) is 25.0 Å². The first kappa shape index (κ1) is 15.8. The van der Waals surface area contributed by atoms with Gasteiger partial charge in [-0.15, -0.1) is 11.3 Å². The molecule has 1 aromatic rings. The van der Waals surface area contributed by atoms with Gasteiger partial charge in [-0.2, -0.15) is 0 Å². The van der Waals surface area contributed by atoms with Crippen molar-refractivity contribution in [3.63, 3.8) is 0 Å². The summed E-state index contributed by atoms with van der Waals surface area (Å²) in [5.41, 5.74) is 0.887. The molecule has 7 heteroatoms. The summed E-state index contributed by atoms with van der Waals surface area (Å²) in [6, 6.07) is 0. The monoisotopic (exact) mass is 311 g/mol. The Morgan fingerprint density at radius 1 is 1.43 bits per heavy atom. The maximum atomic E-state index is 11.4. The maximum Gasteiger partial charge on any atom is 0.306 e. The highest BCUT2D eigenvalue weighted by atomic mass is 32.1. The van der Waals surface area contributed by atoms with Gasteiger partial charge in [-0.1, -0.05) is 0 Å². The summed E-state index contributed by atoms with van der Waals surface area (Å²) in [5.74, 6) is 0.216. The van der Waals surface area contributed by atoms with Gasteiger partial charge in [0.15, 0.2) is 5.13 Å². The van der Waals surface area contributed by atoms with E-state index in [0.29, 0.717) is 32.5 Å². The SMILES string of the molecule is CCOC(=O)CCc1csc(NCCNC(=O)C2CC2)n1. The van der Waals surface area contributed by atoms with Gasteiger partial charge in [0.05, 0.1) is 18.7 Å². The minimum Gasteiger partial charge on any atom is -0.466 e. The lowest BCUT2D eigenvalue weighted by Crippen LogP contribution is -2.29. The molecular formula is C14H21N3O3S. The van der Waals surface area contributed by atoms with Crippen LogP contribution in [0.5, 0.6) is 0 Å². The number of hydrogen-bond donors (Lipinski definition) is 2. The van der Waals surface area contributed by atoms with Crippen LogP contribution in [0.1, 0.15) is 31.9 Å². The Kier molecular flexibility index (Phi) is 5.98. The topological polar surface area (TPSA) is 80.3 Å². The van der Waals surface area contributed by atoms with E-state index in [9.17, 15) is 9.59 Å². The van der Waals surface area contributed by atoms with E-state index in [-0.39, 0.29) is 17.8 Å². The number of carbonyl (C=O) groups is 2. The third-order valence-electron chi connectivity index (χ3n) is 3.09. The number of aromatic nitrogens is 1. The number of thiazole rings is 1. The second kappa shape index (κ2) is 7.97. The summed E-state index contributed by atoms with van der Waals surface area (Å²) >= 11 is 1.51. The highest BCUT2D eigenvalue weighted by Gasteiger charge is 2.28. The minimum absolute atomic E-state index is 0.158. The summed E-state index contributed by atoms with van der Waals surface area (Å²) in [7, 11) is 0. The molecule has 0 radical (unpaired) electrons. The average molecular weight is 311 g/mol. The summed E-state index contributed by atoms with van der Waals surface area (Å²) in [5, 5.41) is 8.81. The number of anilines is 1. The Balaban J connectivity index is 1.60. The first-order chi connectivity index (χ1) is 10.2. The molecule has 0 aromatic carbocycles. The lowest BCUT2D eigenvalue weighted by molar-refractivity contribution is -0.143. The van der Waals surface area contributed by atoms with Crippen molar-refractivity contribution < 1.29 is 14.3 Å². The molecule has 2 rings (SSSR count). The normalized spacial score (nSPS) is 13.8. The number of hydrogen-bond acceptors (Lipinski definition) is 6. The van der Waals surface area contributed by atoms with Crippen molar-refractivity contribution in [2.45, 2.75) is 32.6 Å². The zero-order valence-electron chi connectivity index (χ0n) is 12.2. The first-order valence-corrected chi connectivity index (χ1v) is 8.18. The number of rotatable bonds is 9. The third-order valence-corrected chi connectivity index (χ3v) is 3.94. The molecule has 0 bridgehead atoms. The van der Waals surface area contributed by atoms with Gasteiger partial charge in [-0.05, 0) is 19.8 Å². The fourth-order valence-corrected chi connectivity index (χ4v) is 2.58. The van der Waals surface area contributed by atoms with E-state index in [1.807, 2.05) is 5.38 Å². The van der Waals surface area contributed by atoms with Crippen molar-refractivity contribution in [1.29, 1.82) is 0 Å². The van der Waals surface area contributed by atoms with Crippen LogP contribution in [0.3, 0.4) is 0 Å². The molecule has 0 aliphatic heterocycles. The molecule has 0 atom stereocenters. The van der Waals surface area contributed by atoms with Crippen LogP contribution in [0.15, 0.2) is 5.38 Å². The van der Waals surface area contributed by atoms with Gasteiger partial charge in [-0.3, -0.25) is 9.59 Å². The molecule has 0 spiro atoms. The molecule has 0 saturated heterocycles. The van der Waals surface area contributed by atoms with Crippen molar-refractivity contribution >= 4 is 28.3 Å². The Morgan fingerprint density at radius 3 is 2.95 bits per heavy atom. The molecule has 1 aliphatic carbocycles. The number of esters is 1. The highest BCUT2D eigenvalue weighted by molar-refractivity contribution is 7.13. The second-order valence-corrected chi connectivity index (χ2v) is 5.80. The van der Waals surface area contributed by atoms with Crippen LogP contribution in [0.25, 0.3) is 0 Å². The van der Waals surface area contributed by atoms with E-state index in [4.69, 9.17) is 4.74 Å². The quantitative estimate of drug-likeness (QED) is 0.534. The number of nitrogens with one attached hydrogen (secondary N) is 2. The van der Waals surface area contributed by atoms with E-state index in [1.54, 1.807) is 6.92 Å². The van der Waals surface area contributed by atoms with Gasteiger partial charge in [0.2, 0.25) is 5.91 Å². The summed E-state index contributed by atoms with van der Waals surface area (Å²) in [6.07, 6.45) is 3.00. The number of aryl methyl sites for hydroxylation is 1. The van der Waals surface area contributed by atoms with Crippen molar-refractivity contribution in [3.8, 4) is 0 Å². The zero-order chi connectivity index (χ0) is 15.1. The van der Waals surface area contributed by atoms with Crippen molar-refractivity contribution in [1.82, 2.24) is 10.3 Å². The van der Waals surface area contributed by atoms with Crippen LogP contribution >= 0.6 is 11.3 Å². The van der Waals surface area contributed by atoms with Gasteiger partial charge in [0.1, 0.15) is 0 Å². The summed E-state index contributed by atoms with van der Waals surface area (Å²) < 4.78 is 4.88. The average Bonchev–Trinajstić information content (AvgIpc) is 3.22. The van der Waals surface area contributed by atoms with E-state index >= 15 is 0 Å². The van der Waals surface area contributed by atoms with Gasteiger partial charge < -0.3 is 15.4 Å². The van der Waals surface area contributed by atoms with E-state index in [0.717, 1.165) is 23.7 Å². The Bertz CT molecular complexity index is 486. The van der Waals surface area contributed by atoms with Crippen LogP contribution in [0.2, 0.25) is 0 Å². The lowest BCUT2D eigenvalue weighted by atomic mass is 10.2. The lowest BCUT2D eigenvalue weighted by Gasteiger charge is -2.04. The molecular weight excluding hydrogens is 290 g/mol. The fourth-order valence-electron chi connectivity index (χ4n) is 1.81. The second-order valence-electron chi connectivity index (χ2n) is 4.94. The summed E-state index contributed by atoms with van der Waals surface area (Å²) in [6.45, 7) is 3.47. The third kappa shape index (κ3) is 5.71. The van der Waals surface area contributed by atoms with Crippen molar-refractivity contribution in [3.05, 3.63) is 11.1 Å². The van der Waals surface area contributed by atoms with Crippen LogP contribution in [-0.4, -0.2) is 36.6 Å². The van der Waals surface area contributed by atoms with Crippen LogP contribution < -0.4 is 10.6 Å². The summed E-state index contributed by atoms with van der Waals surface area (Å²) in [4.78, 5) is 27.1. The van der Waals surface area contributed by atoms with Gasteiger partial charge in [0, 0.05) is 30.8 Å². The molecule has 6 nitrogen and oxygen atoms in total. The molecule has 116 valence electrons. The Labute approximate surface area is 128 Å². The van der Waals surface area contributed by atoms with Gasteiger partial charge in [-0.25, -0.2) is 4.98 Å². The Morgan fingerprint density at radius 2 is 2.24 bits per heavy atom. The van der Waals surface area contributed by atoms with E-state index < -0.39 is 0 Å². The largest absolute Gasteiger partial charge is 0.466 e. The number of nitrogens with zero attached hydrogens (tertiary/aromatic N) is 1. The van der Waals surface area contributed by atoms with Crippen LogP contribution in [0.4, 0.5) is 5.13 Å². The zero-order valence-corrected chi connectivity index (χ0v) is 13.0. The molecule has 1 aliphatic rings. The van der Waals surface area contributed by atoms with Gasteiger partial charge in [0.25, 0.3) is 0 Å². The molecule has 0 unspecified atom stereocenters. The van der Waals surface area contributed by atoms with Crippen molar-refractivity contribution in [2.24, 2.45) is 5.92 Å². The molecule has 1 aromatic heterocycles. The maximum absolute atomic E-state index is 11.4. The molecule has 2 N–H and O–H groups in total. The molecule has 1 fully saturated rings. The van der Waals surface area contributed by atoms with Gasteiger partial charge >= 0.3 is 5.97 Å². The van der Waals surface area contributed by atoms with E-state index in [2.05, 4.69) is 15.6 Å². The Hall–Kier alpha value is -1.63. The predicted molar refractivity (Wildman–Crippen MR) is 81.3 cm³/mol. The molecule has 1 amide bonds. The fraction of sp³-hybridized carbons (Fsp3) is 0.643.